The highest BCUT2D eigenvalue weighted by molar-refractivity contribution is 5.73. The van der Waals surface area contributed by atoms with Crippen molar-refractivity contribution in [2.24, 2.45) is 5.92 Å². The van der Waals surface area contributed by atoms with Gasteiger partial charge in [0.15, 0.2) is 5.79 Å². The Kier molecular flexibility index (Phi) is 11.4. The van der Waals surface area contributed by atoms with E-state index in [-0.39, 0.29) is 18.6 Å². The number of aliphatic hydroxyl groups is 2. The van der Waals surface area contributed by atoms with E-state index in [0.29, 0.717) is 19.3 Å². The van der Waals surface area contributed by atoms with E-state index in [0.717, 1.165) is 77.9 Å². The number of allylic oxidation sites excluding steroid dienone is 2. The molecule has 1 aromatic rings. The maximum absolute atomic E-state index is 9.83. The van der Waals surface area contributed by atoms with E-state index in [1.807, 2.05) is 0 Å². The molecule has 2 unspecified atom stereocenters. The van der Waals surface area contributed by atoms with Crippen LogP contribution < -0.4 is 5.32 Å². The summed E-state index contributed by atoms with van der Waals surface area (Å²) in [5, 5.41) is 22.7. The van der Waals surface area contributed by atoms with Gasteiger partial charge in [0.25, 0.3) is 0 Å². The van der Waals surface area contributed by atoms with Crippen LogP contribution in [0.5, 0.6) is 0 Å². The van der Waals surface area contributed by atoms with Crippen LogP contribution in [-0.4, -0.2) is 104 Å². The highest BCUT2D eigenvalue weighted by atomic mass is 16.7. The summed E-state index contributed by atoms with van der Waals surface area (Å²) < 4.78 is 13.2. The first-order valence-corrected chi connectivity index (χ1v) is 14.7. The smallest absolute Gasteiger partial charge is 0.194 e. The van der Waals surface area contributed by atoms with Gasteiger partial charge in [-0.2, -0.15) is 0 Å². The third kappa shape index (κ3) is 7.98. The first-order chi connectivity index (χ1) is 18.5. The van der Waals surface area contributed by atoms with Crippen LogP contribution in [0, 0.1) is 12.8 Å². The molecule has 3 atom stereocenters. The van der Waals surface area contributed by atoms with Crippen LogP contribution in [0.4, 0.5) is 0 Å². The van der Waals surface area contributed by atoms with E-state index in [4.69, 9.17) is 14.6 Å². The Balaban J connectivity index is 1.30. The Morgan fingerprint density at radius 1 is 1.00 bits per heavy atom. The van der Waals surface area contributed by atoms with Crippen molar-refractivity contribution in [2.75, 3.05) is 65.6 Å². The molecule has 212 valence electrons. The largest absolute Gasteiger partial charge is 0.395 e. The fourth-order valence-corrected chi connectivity index (χ4v) is 6.05. The molecule has 1 aliphatic carbocycles. The van der Waals surface area contributed by atoms with E-state index in [2.05, 4.69) is 71.5 Å². The molecule has 2 saturated heterocycles. The molecule has 3 N–H and O–H groups in total. The van der Waals surface area contributed by atoms with Gasteiger partial charge in [0, 0.05) is 38.1 Å². The van der Waals surface area contributed by atoms with E-state index in [1.165, 1.54) is 16.7 Å². The number of β-amino-alcohol motifs (C(OH)–C–C–N with tert-alkyl or cyclic N) is 2. The molecule has 0 aromatic heterocycles. The molecule has 38 heavy (non-hydrogen) atoms. The van der Waals surface area contributed by atoms with Gasteiger partial charge in [-0.15, -0.1) is 0 Å². The fraction of sp³-hybridized carbons (Fsp3) is 0.677. The van der Waals surface area contributed by atoms with Gasteiger partial charge >= 0.3 is 0 Å². The van der Waals surface area contributed by atoms with Gasteiger partial charge in [0.1, 0.15) is 0 Å². The lowest BCUT2D eigenvalue weighted by Gasteiger charge is -2.40. The number of hydrogen-bond donors (Lipinski definition) is 3. The molecule has 0 spiro atoms. The summed E-state index contributed by atoms with van der Waals surface area (Å²) >= 11 is 0. The molecule has 4 rings (SSSR count). The Bertz CT molecular complexity index is 914. The summed E-state index contributed by atoms with van der Waals surface area (Å²) in [6.07, 6.45) is 11.2. The van der Waals surface area contributed by atoms with Gasteiger partial charge in [-0.1, -0.05) is 43.3 Å². The van der Waals surface area contributed by atoms with Gasteiger partial charge in [-0.25, -0.2) is 0 Å². The highest BCUT2D eigenvalue weighted by Gasteiger charge is 2.40. The van der Waals surface area contributed by atoms with Crippen molar-refractivity contribution in [2.45, 2.75) is 63.9 Å². The lowest BCUT2D eigenvalue weighted by molar-refractivity contribution is -0.223. The van der Waals surface area contributed by atoms with Crippen LogP contribution >= 0.6 is 0 Å². The van der Waals surface area contributed by atoms with Crippen molar-refractivity contribution >= 4 is 5.57 Å². The maximum Gasteiger partial charge on any atom is 0.194 e. The maximum atomic E-state index is 9.83. The van der Waals surface area contributed by atoms with Gasteiger partial charge < -0.3 is 34.8 Å². The van der Waals surface area contributed by atoms with Crippen LogP contribution in [0.1, 0.15) is 50.2 Å². The molecule has 2 fully saturated rings. The molecule has 0 amide bonds. The standard InChI is InChI=1S/C31H49N3O4/c1-25-8-3-4-9-29(25)30-10-5-14-31(26(30)2,38-23-7-16-34-19-13-28(36)24-34)37-22-6-15-32-27-11-17-33(18-12-27)20-21-35/h3-5,8-10,14,26-28,32,35-36H,6-7,11-13,15-24H2,1-2H3/t26?,28-,31?/m1/s1. The number of hydrogen-bond acceptors (Lipinski definition) is 7. The summed E-state index contributed by atoms with van der Waals surface area (Å²) in [6.45, 7) is 12.4. The number of aryl methyl sites for hydroxylation is 1. The van der Waals surface area contributed by atoms with Gasteiger partial charge in [0.2, 0.25) is 0 Å². The molecule has 7 nitrogen and oxygen atoms in total. The molecule has 0 bridgehead atoms. The normalized spacial score (nSPS) is 27.2. The van der Waals surface area contributed by atoms with Crippen LogP contribution in [0.15, 0.2) is 42.5 Å². The van der Waals surface area contributed by atoms with Crippen LogP contribution in [-0.2, 0) is 9.47 Å². The zero-order valence-electron chi connectivity index (χ0n) is 23.5. The van der Waals surface area contributed by atoms with Gasteiger partial charge in [0.05, 0.1) is 25.9 Å². The summed E-state index contributed by atoms with van der Waals surface area (Å²) in [4.78, 5) is 4.66. The predicted octanol–water partition coefficient (Wildman–Crippen LogP) is 3.21. The number of benzene rings is 1. The number of likely N-dealkylation sites (tertiary alicyclic amines) is 2. The lowest BCUT2D eigenvalue weighted by Crippen LogP contribution is -2.45. The lowest BCUT2D eigenvalue weighted by atomic mass is 9.82. The minimum absolute atomic E-state index is 0.0611. The van der Waals surface area contributed by atoms with E-state index in [9.17, 15) is 5.11 Å². The summed E-state index contributed by atoms with van der Waals surface area (Å²) in [5.74, 6) is -0.724. The number of piperidine rings is 1. The van der Waals surface area contributed by atoms with Crippen molar-refractivity contribution in [3.8, 4) is 0 Å². The first kappa shape index (κ1) is 29.4. The second-order valence-electron chi connectivity index (χ2n) is 11.2. The molecule has 0 radical (unpaired) electrons. The van der Waals surface area contributed by atoms with Gasteiger partial charge in [-0.3, -0.25) is 0 Å². The number of nitrogens with zero attached hydrogens (tertiary/aromatic N) is 2. The molecule has 3 aliphatic rings. The fourth-order valence-electron chi connectivity index (χ4n) is 6.05. The average molecular weight is 528 g/mol. The summed E-state index contributed by atoms with van der Waals surface area (Å²) in [5.41, 5.74) is 3.76. The van der Waals surface area contributed by atoms with Gasteiger partial charge in [-0.05, 0) is 81.4 Å². The summed E-state index contributed by atoms with van der Waals surface area (Å²) in [7, 11) is 0. The van der Waals surface area contributed by atoms with Crippen molar-refractivity contribution < 1.29 is 19.7 Å². The van der Waals surface area contributed by atoms with E-state index >= 15 is 0 Å². The zero-order valence-corrected chi connectivity index (χ0v) is 23.5. The quantitative estimate of drug-likeness (QED) is 0.253. The monoisotopic (exact) mass is 527 g/mol. The molecular weight excluding hydrogens is 478 g/mol. The van der Waals surface area contributed by atoms with Crippen molar-refractivity contribution in [1.82, 2.24) is 15.1 Å². The summed E-state index contributed by atoms with van der Waals surface area (Å²) in [6, 6.07) is 9.08. The predicted molar refractivity (Wildman–Crippen MR) is 153 cm³/mol. The van der Waals surface area contributed by atoms with Crippen LogP contribution in [0.2, 0.25) is 0 Å². The van der Waals surface area contributed by atoms with E-state index < -0.39 is 5.79 Å². The minimum Gasteiger partial charge on any atom is -0.395 e. The van der Waals surface area contributed by atoms with E-state index in [1.54, 1.807) is 0 Å². The molecule has 7 heteroatoms. The zero-order chi connectivity index (χ0) is 26.8. The number of rotatable bonds is 14. The van der Waals surface area contributed by atoms with Crippen molar-refractivity contribution in [3.63, 3.8) is 0 Å². The topological polar surface area (TPSA) is 77.4 Å². The number of nitrogens with one attached hydrogen (secondary N) is 1. The Morgan fingerprint density at radius 3 is 2.45 bits per heavy atom. The van der Waals surface area contributed by atoms with Crippen LogP contribution in [0.3, 0.4) is 0 Å². The third-order valence-corrected chi connectivity index (χ3v) is 8.41. The molecular formula is C31H49N3O4. The Labute approximate surface area is 229 Å². The number of ether oxygens (including phenoxy) is 2. The molecule has 2 heterocycles. The van der Waals surface area contributed by atoms with Crippen molar-refractivity contribution in [1.29, 1.82) is 0 Å². The average Bonchev–Trinajstić information content (AvgIpc) is 3.34. The molecule has 1 aromatic carbocycles. The Morgan fingerprint density at radius 2 is 1.74 bits per heavy atom. The second-order valence-corrected chi connectivity index (χ2v) is 11.2. The SMILES string of the molecule is Cc1ccccc1C1=CC=CC(OCCCNC2CCN(CCO)CC2)(OCCCN2CC[C@@H](O)C2)C1C. The minimum atomic E-state index is -0.785. The van der Waals surface area contributed by atoms with Crippen molar-refractivity contribution in [3.05, 3.63) is 53.6 Å². The third-order valence-electron chi connectivity index (χ3n) is 8.41. The van der Waals surface area contributed by atoms with Crippen LogP contribution in [0.25, 0.3) is 5.57 Å². The Hall–Kier alpha value is -1.58. The second kappa shape index (κ2) is 14.7. The molecule has 2 aliphatic heterocycles. The highest BCUT2D eigenvalue weighted by Crippen LogP contribution is 2.40. The first-order valence-electron chi connectivity index (χ1n) is 14.7. The molecule has 0 saturated carbocycles. The number of aliphatic hydroxyl groups excluding tert-OH is 2.